The number of primary amides is 1. The maximum Gasteiger partial charge on any atom is 0.248 e. The van der Waals surface area contributed by atoms with Gasteiger partial charge >= 0.3 is 0 Å². The van der Waals surface area contributed by atoms with Gasteiger partial charge in [-0.25, -0.2) is 0 Å². The van der Waals surface area contributed by atoms with Crippen LogP contribution in [-0.4, -0.2) is 10.9 Å². The lowest BCUT2D eigenvalue weighted by molar-refractivity contribution is 0.1000. The average molecular weight is 194 g/mol. The number of hydrogen-bond donors (Lipinski definition) is 1. The lowest BCUT2D eigenvalue weighted by Crippen LogP contribution is -2.11. The van der Waals surface area contributed by atoms with Crippen LogP contribution in [0.3, 0.4) is 0 Å². The molecular weight excluding hydrogens is 176 g/mol. The van der Waals surface area contributed by atoms with Gasteiger partial charge in [0.25, 0.3) is 0 Å². The normalized spacial score (nSPS) is 9.21. The highest BCUT2D eigenvalue weighted by molar-refractivity contribution is 5.92. The van der Waals surface area contributed by atoms with Crippen LogP contribution in [0.1, 0.15) is 49.7 Å². The Kier molecular flexibility index (Phi) is 5.53. The van der Waals surface area contributed by atoms with Gasteiger partial charge in [0.05, 0.1) is 0 Å². The van der Waals surface area contributed by atoms with Crippen LogP contribution in [0.5, 0.6) is 0 Å². The van der Waals surface area contributed by atoms with E-state index in [-0.39, 0.29) is 0 Å². The van der Waals surface area contributed by atoms with Crippen LogP contribution in [0.25, 0.3) is 0 Å². The molecule has 0 bridgehead atoms. The molecule has 0 aliphatic carbocycles. The smallest absolute Gasteiger partial charge is 0.248 e. The Balaban J connectivity index is 0.000000791. The second-order valence-electron chi connectivity index (χ2n) is 2.99. The summed E-state index contributed by atoms with van der Waals surface area (Å²) in [6.07, 6.45) is 1.61. The number of nitrogens with zero attached hydrogens (tertiary/aromatic N) is 1. The predicted molar refractivity (Wildman–Crippen MR) is 58.2 cm³/mol. The van der Waals surface area contributed by atoms with Crippen LogP contribution in [0.2, 0.25) is 0 Å². The molecule has 14 heavy (non-hydrogen) atoms. The van der Waals surface area contributed by atoms with Gasteiger partial charge in [0.1, 0.15) is 0 Å². The molecule has 0 aliphatic heterocycles. The number of pyridine rings is 1. The number of nitrogens with two attached hydrogens (primary N) is 1. The molecule has 3 nitrogen and oxygen atoms in total. The fraction of sp³-hybridized carbons (Fsp3) is 0.455. The molecule has 0 fully saturated rings. The van der Waals surface area contributed by atoms with Crippen molar-refractivity contribution in [2.75, 3.05) is 0 Å². The number of amides is 1. The summed E-state index contributed by atoms with van der Waals surface area (Å²) in [5.41, 5.74) is 6.53. The predicted octanol–water partition coefficient (Wildman–Crippen LogP) is 2.33. The molecule has 1 heterocycles. The van der Waals surface area contributed by atoms with E-state index in [9.17, 15) is 4.79 Å². The fourth-order valence-corrected chi connectivity index (χ4v) is 0.917. The largest absolute Gasteiger partial charge is 0.366 e. The lowest BCUT2D eigenvalue weighted by atomic mass is 10.1. The van der Waals surface area contributed by atoms with Crippen molar-refractivity contribution < 1.29 is 4.79 Å². The minimum Gasteiger partial charge on any atom is -0.366 e. The summed E-state index contributed by atoms with van der Waals surface area (Å²) in [6.45, 7) is 8.04. The first kappa shape index (κ1) is 12.6. The number of hydrogen-bond acceptors (Lipinski definition) is 2. The molecule has 78 valence electrons. The Morgan fingerprint density at radius 2 is 2.00 bits per heavy atom. The van der Waals surface area contributed by atoms with E-state index in [1.165, 1.54) is 0 Å². The molecule has 0 aliphatic rings. The highest BCUT2D eigenvalue weighted by Gasteiger charge is 2.04. The molecule has 1 rings (SSSR count). The van der Waals surface area contributed by atoms with E-state index in [0.717, 1.165) is 5.69 Å². The topological polar surface area (TPSA) is 56.0 Å². The number of carbonyl (C=O) groups excluding carboxylic acids is 1. The third kappa shape index (κ3) is 3.56. The third-order valence-electron chi connectivity index (χ3n) is 1.66. The van der Waals surface area contributed by atoms with Crippen LogP contribution in [0.15, 0.2) is 18.3 Å². The molecule has 2 N–H and O–H groups in total. The maximum atomic E-state index is 10.8. The van der Waals surface area contributed by atoms with E-state index in [2.05, 4.69) is 4.98 Å². The highest BCUT2D eigenvalue weighted by Crippen LogP contribution is 2.11. The second kappa shape index (κ2) is 6.13. The van der Waals surface area contributed by atoms with E-state index in [4.69, 9.17) is 5.73 Å². The SMILES string of the molecule is CC.CC(C)c1cc(C(N)=O)ccn1. The maximum absolute atomic E-state index is 10.8. The van der Waals surface area contributed by atoms with E-state index in [0.29, 0.717) is 11.5 Å². The third-order valence-corrected chi connectivity index (χ3v) is 1.66. The van der Waals surface area contributed by atoms with Gasteiger partial charge in [-0.05, 0) is 18.1 Å². The van der Waals surface area contributed by atoms with E-state index in [1.54, 1.807) is 18.3 Å². The Labute approximate surface area is 85.3 Å². The van der Waals surface area contributed by atoms with Crippen LogP contribution in [-0.2, 0) is 0 Å². The van der Waals surface area contributed by atoms with Crippen molar-refractivity contribution in [3.05, 3.63) is 29.6 Å². The molecule has 0 aromatic carbocycles. The summed E-state index contributed by atoms with van der Waals surface area (Å²) in [6, 6.07) is 3.35. The summed E-state index contributed by atoms with van der Waals surface area (Å²) in [4.78, 5) is 14.9. The number of aromatic nitrogens is 1. The summed E-state index contributed by atoms with van der Waals surface area (Å²) in [7, 11) is 0. The summed E-state index contributed by atoms with van der Waals surface area (Å²) < 4.78 is 0. The Bertz CT molecular complexity index is 295. The summed E-state index contributed by atoms with van der Waals surface area (Å²) in [5, 5.41) is 0. The van der Waals surface area contributed by atoms with Crippen molar-refractivity contribution in [2.24, 2.45) is 5.73 Å². The molecular formula is C11H18N2O. The molecule has 0 radical (unpaired) electrons. The summed E-state index contributed by atoms with van der Waals surface area (Å²) in [5.74, 6) is -0.0800. The number of rotatable bonds is 2. The fourth-order valence-electron chi connectivity index (χ4n) is 0.917. The zero-order chi connectivity index (χ0) is 11.1. The molecule has 0 saturated heterocycles. The van der Waals surface area contributed by atoms with Gasteiger partial charge in [0.2, 0.25) is 5.91 Å². The van der Waals surface area contributed by atoms with Crippen molar-refractivity contribution in [3.63, 3.8) is 0 Å². The van der Waals surface area contributed by atoms with Gasteiger partial charge in [-0.15, -0.1) is 0 Å². The molecule has 0 saturated carbocycles. The van der Waals surface area contributed by atoms with E-state index in [1.807, 2.05) is 27.7 Å². The Morgan fingerprint density at radius 3 is 2.43 bits per heavy atom. The van der Waals surface area contributed by atoms with E-state index >= 15 is 0 Å². The second-order valence-corrected chi connectivity index (χ2v) is 2.99. The molecule has 1 aromatic heterocycles. The highest BCUT2D eigenvalue weighted by atomic mass is 16.1. The van der Waals surface area contributed by atoms with Gasteiger partial charge in [-0.1, -0.05) is 27.7 Å². The first-order valence-corrected chi connectivity index (χ1v) is 4.87. The standard InChI is InChI=1S/C9H12N2O.C2H6/c1-6(2)8-5-7(9(10)12)3-4-11-8;1-2/h3-6H,1-2H3,(H2,10,12);1-2H3. The molecule has 0 unspecified atom stereocenters. The quantitative estimate of drug-likeness (QED) is 0.785. The van der Waals surface area contributed by atoms with Gasteiger partial charge in [0.15, 0.2) is 0 Å². The van der Waals surface area contributed by atoms with Gasteiger partial charge in [-0.2, -0.15) is 0 Å². The van der Waals surface area contributed by atoms with E-state index < -0.39 is 5.91 Å². The number of carbonyl (C=O) groups is 1. The molecule has 1 amide bonds. The molecule has 1 aromatic rings. The van der Waals surface area contributed by atoms with Gasteiger partial charge in [-0.3, -0.25) is 9.78 Å². The Morgan fingerprint density at radius 1 is 1.43 bits per heavy atom. The first-order valence-electron chi connectivity index (χ1n) is 4.87. The van der Waals surface area contributed by atoms with Crippen molar-refractivity contribution in [1.29, 1.82) is 0 Å². The van der Waals surface area contributed by atoms with Crippen molar-refractivity contribution in [1.82, 2.24) is 4.98 Å². The molecule has 3 heteroatoms. The van der Waals surface area contributed by atoms with Crippen molar-refractivity contribution in [3.8, 4) is 0 Å². The van der Waals surface area contributed by atoms with Crippen LogP contribution in [0.4, 0.5) is 0 Å². The van der Waals surface area contributed by atoms with Crippen molar-refractivity contribution in [2.45, 2.75) is 33.6 Å². The van der Waals surface area contributed by atoms with Gasteiger partial charge < -0.3 is 5.73 Å². The molecule has 0 spiro atoms. The lowest BCUT2D eigenvalue weighted by Gasteiger charge is -2.04. The zero-order valence-electron chi connectivity index (χ0n) is 9.24. The van der Waals surface area contributed by atoms with Gasteiger partial charge in [0, 0.05) is 17.5 Å². The monoisotopic (exact) mass is 194 g/mol. The zero-order valence-corrected chi connectivity index (χ0v) is 9.24. The van der Waals surface area contributed by atoms with Crippen LogP contribution in [0, 0.1) is 0 Å². The minimum absolute atomic E-state index is 0.323. The Hall–Kier alpha value is -1.38. The van der Waals surface area contributed by atoms with Crippen molar-refractivity contribution >= 4 is 5.91 Å². The van der Waals surface area contributed by atoms with Crippen LogP contribution < -0.4 is 5.73 Å². The van der Waals surface area contributed by atoms with Crippen LogP contribution >= 0.6 is 0 Å². The average Bonchev–Trinajstić information content (AvgIpc) is 2.21. The minimum atomic E-state index is -0.403. The first-order chi connectivity index (χ1) is 6.61. The molecule has 0 atom stereocenters. The summed E-state index contributed by atoms with van der Waals surface area (Å²) >= 11 is 0.